The van der Waals surface area contributed by atoms with Crippen molar-refractivity contribution in [1.29, 1.82) is 0 Å². The molecule has 5 nitrogen and oxygen atoms in total. The average Bonchev–Trinajstić information content (AvgIpc) is 3.38. The number of nitrogens with one attached hydrogen (secondary N) is 1. The van der Waals surface area contributed by atoms with Crippen LogP contribution in [0.2, 0.25) is 0 Å². The van der Waals surface area contributed by atoms with Gasteiger partial charge < -0.3 is 14.8 Å². The molecule has 0 bridgehead atoms. The monoisotopic (exact) mass is 350 g/mol. The molecule has 0 unspecified atom stereocenters. The summed E-state index contributed by atoms with van der Waals surface area (Å²) in [6, 6.07) is 14.1. The van der Waals surface area contributed by atoms with E-state index >= 15 is 0 Å². The van der Waals surface area contributed by atoms with Gasteiger partial charge in [-0.2, -0.15) is 0 Å². The Kier molecular flexibility index (Phi) is 3.45. The van der Waals surface area contributed by atoms with E-state index in [1.165, 1.54) is 25.0 Å². The Morgan fingerprint density at radius 1 is 1.08 bits per heavy atom. The number of carbonyl (C=O) groups excluding carboxylic acids is 1. The summed E-state index contributed by atoms with van der Waals surface area (Å²) in [5.41, 5.74) is 2.79. The summed E-state index contributed by atoms with van der Waals surface area (Å²) in [5, 5.41) is 2.82. The number of para-hydroxylation sites is 2. The van der Waals surface area contributed by atoms with Crippen molar-refractivity contribution >= 4 is 22.8 Å². The SMILES string of the molecule is O=C(Nc1ccc(F)cc1)N1CC(n2c(C3CC3)nc3ccccc32)C1. The largest absolute Gasteiger partial charge is 0.321 e. The third kappa shape index (κ3) is 2.62. The van der Waals surface area contributed by atoms with Gasteiger partial charge in [0.05, 0.1) is 17.1 Å². The number of imidazole rings is 1. The quantitative estimate of drug-likeness (QED) is 0.772. The lowest BCUT2D eigenvalue weighted by Crippen LogP contribution is -2.52. The van der Waals surface area contributed by atoms with Crippen molar-refractivity contribution in [3.8, 4) is 0 Å². The topological polar surface area (TPSA) is 50.2 Å². The van der Waals surface area contributed by atoms with Gasteiger partial charge in [0.15, 0.2) is 0 Å². The molecule has 1 saturated heterocycles. The highest BCUT2D eigenvalue weighted by atomic mass is 19.1. The molecular weight excluding hydrogens is 331 g/mol. The van der Waals surface area contributed by atoms with E-state index in [-0.39, 0.29) is 17.9 Å². The molecule has 1 aliphatic carbocycles. The predicted molar refractivity (Wildman–Crippen MR) is 97.7 cm³/mol. The summed E-state index contributed by atoms with van der Waals surface area (Å²) in [6.07, 6.45) is 2.40. The predicted octanol–water partition coefficient (Wildman–Crippen LogP) is 4.14. The first-order valence-electron chi connectivity index (χ1n) is 8.97. The van der Waals surface area contributed by atoms with Crippen LogP contribution in [-0.4, -0.2) is 33.6 Å². The van der Waals surface area contributed by atoms with Crippen molar-refractivity contribution in [2.75, 3.05) is 18.4 Å². The number of halogens is 1. The second-order valence-electron chi connectivity index (χ2n) is 7.10. The Morgan fingerprint density at radius 2 is 1.81 bits per heavy atom. The van der Waals surface area contributed by atoms with Gasteiger partial charge in [-0.25, -0.2) is 14.2 Å². The maximum absolute atomic E-state index is 13.0. The van der Waals surface area contributed by atoms with Crippen LogP contribution in [0.25, 0.3) is 11.0 Å². The highest BCUT2D eigenvalue weighted by Gasteiger charge is 2.37. The van der Waals surface area contributed by atoms with Crippen LogP contribution in [0.3, 0.4) is 0 Å². The number of carbonyl (C=O) groups is 1. The van der Waals surface area contributed by atoms with E-state index in [4.69, 9.17) is 4.98 Å². The standard InChI is InChI=1S/C20H19FN4O/c21-14-7-9-15(10-8-14)22-20(26)24-11-16(12-24)25-18-4-2-1-3-17(18)23-19(25)13-5-6-13/h1-4,7-10,13,16H,5-6,11-12H2,(H,22,26). The first kappa shape index (κ1) is 15.4. The molecule has 1 aliphatic heterocycles. The van der Waals surface area contributed by atoms with Crippen LogP contribution in [0.15, 0.2) is 48.5 Å². The summed E-state index contributed by atoms with van der Waals surface area (Å²) >= 11 is 0. The highest BCUT2D eigenvalue weighted by molar-refractivity contribution is 5.90. The number of nitrogens with zero attached hydrogens (tertiary/aromatic N) is 3. The molecular formula is C20H19FN4O. The van der Waals surface area contributed by atoms with Gasteiger partial charge in [0, 0.05) is 24.7 Å². The fraction of sp³-hybridized carbons (Fsp3) is 0.300. The molecule has 1 aromatic heterocycles. The zero-order chi connectivity index (χ0) is 17.7. The second-order valence-corrected chi connectivity index (χ2v) is 7.10. The van der Waals surface area contributed by atoms with E-state index in [1.54, 1.807) is 17.0 Å². The molecule has 26 heavy (non-hydrogen) atoms. The maximum atomic E-state index is 13.0. The zero-order valence-electron chi connectivity index (χ0n) is 14.2. The molecule has 1 N–H and O–H groups in total. The number of fused-ring (bicyclic) bond motifs is 1. The molecule has 1 saturated carbocycles. The minimum atomic E-state index is -0.313. The molecule has 0 spiro atoms. The van der Waals surface area contributed by atoms with Gasteiger partial charge >= 0.3 is 6.03 Å². The van der Waals surface area contributed by atoms with Crippen molar-refractivity contribution in [3.63, 3.8) is 0 Å². The summed E-state index contributed by atoms with van der Waals surface area (Å²) in [7, 11) is 0. The van der Waals surface area contributed by atoms with Gasteiger partial charge in [-0.1, -0.05) is 12.1 Å². The molecule has 2 heterocycles. The molecule has 0 atom stereocenters. The Bertz CT molecular complexity index is 971. The van der Waals surface area contributed by atoms with Crippen molar-refractivity contribution in [2.24, 2.45) is 0 Å². The zero-order valence-corrected chi connectivity index (χ0v) is 14.2. The number of benzene rings is 2. The molecule has 0 radical (unpaired) electrons. The summed E-state index contributed by atoms with van der Waals surface area (Å²) < 4.78 is 15.3. The van der Waals surface area contributed by atoms with Crippen LogP contribution in [0, 0.1) is 5.82 Å². The first-order valence-corrected chi connectivity index (χ1v) is 8.97. The van der Waals surface area contributed by atoms with Gasteiger partial charge in [0.25, 0.3) is 0 Å². The van der Waals surface area contributed by atoms with Gasteiger partial charge in [0.1, 0.15) is 11.6 Å². The van der Waals surface area contributed by atoms with Crippen molar-refractivity contribution in [3.05, 3.63) is 60.2 Å². The summed E-state index contributed by atoms with van der Waals surface area (Å²) in [6.45, 7) is 1.32. The fourth-order valence-corrected chi connectivity index (χ4v) is 3.60. The lowest BCUT2D eigenvalue weighted by atomic mass is 10.1. The number of anilines is 1. The summed E-state index contributed by atoms with van der Waals surface area (Å²) in [5.74, 6) is 1.41. The highest BCUT2D eigenvalue weighted by Crippen LogP contribution is 2.42. The van der Waals surface area contributed by atoms with E-state index in [0.717, 1.165) is 16.9 Å². The average molecular weight is 350 g/mol. The number of aromatic nitrogens is 2. The summed E-state index contributed by atoms with van der Waals surface area (Å²) in [4.78, 5) is 19.0. The van der Waals surface area contributed by atoms with E-state index in [1.807, 2.05) is 12.1 Å². The molecule has 2 aliphatic rings. The van der Waals surface area contributed by atoms with Gasteiger partial charge in [-0.3, -0.25) is 0 Å². The molecule has 132 valence electrons. The Morgan fingerprint density at radius 3 is 2.54 bits per heavy atom. The third-order valence-electron chi connectivity index (χ3n) is 5.18. The van der Waals surface area contributed by atoms with E-state index in [0.29, 0.717) is 24.7 Å². The van der Waals surface area contributed by atoms with E-state index in [2.05, 4.69) is 22.0 Å². The third-order valence-corrected chi connectivity index (χ3v) is 5.18. The fourth-order valence-electron chi connectivity index (χ4n) is 3.60. The van der Waals surface area contributed by atoms with Crippen molar-refractivity contribution in [2.45, 2.75) is 24.8 Å². The van der Waals surface area contributed by atoms with Crippen LogP contribution in [0.4, 0.5) is 14.9 Å². The van der Waals surface area contributed by atoms with E-state index < -0.39 is 0 Å². The van der Waals surface area contributed by atoms with Crippen LogP contribution in [0.5, 0.6) is 0 Å². The smallest absolute Gasteiger partial charge is 0.321 e. The van der Waals surface area contributed by atoms with Crippen LogP contribution in [-0.2, 0) is 0 Å². The van der Waals surface area contributed by atoms with Crippen LogP contribution >= 0.6 is 0 Å². The number of hydrogen-bond donors (Lipinski definition) is 1. The number of rotatable bonds is 3. The molecule has 5 rings (SSSR count). The van der Waals surface area contributed by atoms with Crippen LogP contribution in [0.1, 0.15) is 30.6 Å². The van der Waals surface area contributed by atoms with Crippen molar-refractivity contribution in [1.82, 2.24) is 14.5 Å². The number of likely N-dealkylation sites (tertiary alicyclic amines) is 1. The van der Waals surface area contributed by atoms with Crippen LogP contribution < -0.4 is 5.32 Å². The van der Waals surface area contributed by atoms with Gasteiger partial charge in [0.2, 0.25) is 0 Å². The normalized spacial score (nSPS) is 17.3. The minimum Gasteiger partial charge on any atom is -0.321 e. The van der Waals surface area contributed by atoms with E-state index in [9.17, 15) is 9.18 Å². The van der Waals surface area contributed by atoms with Crippen molar-refractivity contribution < 1.29 is 9.18 Å². The number of urea groups is 1. The lowest BCUT2D eigenvalue weighted by molar-refractivity contribution is 0.135. The molecule has 2 aromatic carbocycles. The Hall–Kier alpha value is -2.89. The Balaban J connectivity index is 1.32. The molecule has 2 fully saturated rings. The molecule has 2 amide bonds. The van der Waals surface area contributed by atoms with Gasteiger partial charge in [-0.05, 0) is 49.2 Å². The lowest BCUT2D eigenvalue weighted by Gasteiger charge is -2.40. The number of hydrogen-bond acceptors (Lipinski definition) is 2. The minimum absolute atomic E-state index is 0.148. The first-order chi connectivity index (χ1) is 12.7. The Labute approximate surface area is 150 Å². The maximum Gasteiger partial charge on any atom is 0.321 e. The van der Waals surface area contributed by atoms with Gasteiger partial charge in [-0.15, -0.1) is 0 Å². The molecule has 6 heteroatoms. The molecule has 3 aromatic rings. The second kappa shape index (κ2) is 5.83. The number of amides is 2.